The maximum Gasteiger partial charge on any atom is 0.254 e. The highest BCUT2D eigenvalue weighted by atomic mass is 32.1. The van der Waals surface area contributed by atoms with Gasteiger partial charge in [0.05, 0.1) is 4.99 Å². The van der Waals surface area contributed by atoms with Crippen LogP contribution in [0.4, 0.5) is 0 Å². The first-order valence-electron chi connectivity index (χ1n) is 6.11. The van der Waals surface area contributed by atoms with Crippen LogP contribution in [0.5, 0.6) is 0 Å². The third-order valence-corrected chi connectivity index (χ3v) is 3.34. The highest BCUT2D eigenvalue weighted by Crippen LogP contribution is 2.15. The van der Waals surface area contributed by atoms with E-state index in [1.54, 1.807) is 4.90 Å². The maximum absolute atomic E-state index is 12.4. The monoisotopic (exact) mass is 264 g/mol. The Morgan fingerprint density at radius 1 is 1.39 bits per heavy atom. The molecule has 98 valence electrons. The van der Waals surface area contributed by atoms with Crippen molar-refractivity contribution in [1.29, 1.82) is 0 Å². The molecule has 0 bridgehead atoms. The third kappa shape index (κ3) is 3.53. The van der Waals surface area contributed by atoms with Crippen molar-refractivity contribution in [2.75, 3.05) is 13.1 Å². The Bertz CT molecular complexity index is 457. The minimum absolute atomic E-state index is 0.0509. The molecule has 2 N–H and O–H groups in total. The van der Waals surface area contributed by atoms with Crippen LogP contribution in [-0.2, 0) is 0 Å². The summed E-state index contributed by atoms with van der Waals surface area (Å²) in [6.45, 7) is 7.19. The van der Waals surface area contributed by atoms with Gasteiger partial charge in [0.1, 0.15) is 0 Å². The highest BCUT2D eigenvalue weighted by molar-refractivity contribution is 7.80. The quantitative estimate of drug-likeness (QED) is 0.831. The number of rotatable bonds is 5. The molecule has 0 spiro atoms. The summed E-state index contributed by atoms with van der Waals surface area (Å²) in [5, 5.41) is 0. The van der Waals surface area contributed by atoms with Crippen LogP contribution in [-0.4, -0.2) is 28.9 Å². The molecular weight excluding hydrogens is 244 g/mol. The summed E-state index contributed by atoms with van der Waals surface area (Å²) >= 11 is 4.85. The van der Waals surface area contributed by atoms with Gasteiger partial charge in [-0.25, -0.2) is 0 Å². The molecule has 0 aliphatic heterocycles. The van der Waals surface area contributed by atoms with Gasteiger partial charge >= 0.3 is 0 Å². The summed E-state index contributed by atoms with van der Waals surface area (Å²) in [6.07, 6.45) is 0.569. The molecule has 0 atom stereocenters. The molecule has 0 saturated heterocycles. The maximum atomic E-state index is 12.4. The smallest absolute Gasteiger partial charge is 0.254 e. The summed E-state index contributed by atoms with van der Waals surface area (Å²) in [5.74, 6) is 0.0509. The number of hydrogen-bond acceptors (Lipinski definition) is 2. The van der Waals surface area contributed by atoms with Crippen molar-refractivity contribution in [3.63, 3.8) is 0 Å². The summed E-state index contributed by atoms with van der Waals surface area (Å²) in [4.78, 5) is 14.6. The largest absolute Gasteiger partial charge is 0.393 e. The molecule has 0 heterocycles. The zero-order valence-electron chi connectivity index (χ0n) is 11.2. The zero-order chi connectivity index (χ0) is 13.7. The SMILES string of the molecule is CCN(CCC(N)=S)C(=O)c1cccc(C)c1C. The average Bonchev–Trinajstić information content (AvgIpc) is 2.32. The Labute approximate surface area is 114 Å². The van der Waals surface area contributed by atoms with E-state index in [1.807, 2.05) is 39.0 Å². The molecular formula is C14H20N2OS. The number of carbonyl (C=O) groups excluding carboxylic acids is 1. The van der Waals surface area contributed by atoms with Crippen molar-refractivity contribution in [2.45, 2.75) is 27.2 Å². The third-order valence-electron chi connectivity index (χ3n) is 3.13. The van der Waals surface area contributed by atoms with Crippen LogP contribution >= 0.6 is 12.2 Å². The summed E-state index contributed by atoms with van der Waals surface area (Å²) < 4.78 is 0. The van der Waals surface area contributed by atoms with Crippen LogP contribution < -0.4 is 5.73 Å². The number of amides is 1. The molecule has 0 aliphatic rings. The Morgan fingerprint density at radius 3 is 2.61 bits per heavy atom. The van der Waals surface area contributed by atoms with Crippen LogP contribution in [0.1, 0.15) is 34.8 Å². The van der Waals surface area contributed by atoms with Crippen LogP contribution in [0.15, 0.2) is 18.2 Å². The zero-order valence-corrected chi connectivity index (χ0v) is 12.0. The molecule has 1 amide bonds. The number of hydrogen-bond donors (Lipinski definition) is 1. The summed E-state index contributed by atoms with van der Waals surface area (Å²) in [5.41, 5.74) is 8.41. The second kappa shape index (κ2) is 6.50. The Kier molecular flexibility index (Phi) is 5.28. The lowest BCUT2D eigenvalue weighted by Gasteiger charge is -2.22. The Hall–Kier alpha value is -1.42. The molecule has 0 aromatic heterocycles. The number of nitrogens with zero attached hydrogens (tertiary/aromatic N) is 1. The van der Waals surface area contributed by atoms with E-state index in [4.69, 9.17) is 18.0 Å². The Morgan fingerprint density at radius 2 is 2.06 bits per heavy atom. The van der Waals surface area contributed by atoms with Crippen molar-refractivity contribution in [2.24, 2.45) is 5.73 Å². The number of nitrogens with two attached hydrogens (primary N) is 1. The van der Waals surface area contributed by atoms with Gasteiger partial charge in [-0.1, -0.05) is 24.4 Å². The van der Waals surface area contributed by atoms with Crippen molar-refractivity contribution in [3.05, 3.63) is 34.9 Å². The molecule has 0 unspecified atom stereocenters. The standard InChI is InChI=1S/C14H20N2OS/c1-4-16(9-8-13(15)18)14(17)12-7-5-6-10(2)11(12)3/h5-7H,4,8-9H2,1-3H3,(H2,15,18). The van der Waals surface area contributed by atoms with E-state index in [1.165, 1.54) is 0 Å². The van der Waals surface area contributed by atoms with Crippen molar-refractivity contribution >= 4 is 23.1 Å². The van der Waals surface area contributed by atoms with Gasteiger partial charge < -0.3 is 10.6 Å². The van der Waals surface area contributed by atoms with Gasteiger partial charge in [0.25, 0.3) is 5.91 Å². The van der Waals surface area contributed by atoms with E-state index < -0.39 is 0 Å². The second-order valence-electron chi connectivity index (χ2n) is 4.35. The molecule has 3 nitrogen and oxygen atoms in total. The van der Waals surface area contributed by atoms with Crippen molar-refractivity contribution in [1.82, 2.24) is 4.90 Å². The van der Waals surface area contributed by atoms with Gasteiger partial charge in [-0.2, -0.15) is 0 Å². The molecule has 0 radical (unpaired) electrons. The molecule has 1 aromatic rings. The second-order valence-corrected chi connectivity index (χ2v) is 4.87. The van der Waals surface area contributed by atoms with Crippen LogP contribution in [0.2, 0.25) is 0 Å². The van der Waals surface area contributed by atoms with Gasteiger partial charge in [0.2, 0.25) is 0 Å². The molecule has 0 fully saturated rings. The topological polar surface area (TPSA) is 46.3 Å². The normalized spacial score (nSPS) is 10.2. The fourth-order valence-electron chi connectivity index (χ4n) is 1.80. The van der Waals surface area contributed by atoms with E-state index in [0.29, 0.717) is 24.5 Å². The first-order valence-corrected chi connectivity index (χ1v) is 6.52. The molecule has 18 heavy (non-hydrogen) atoms. The molecule has 0 saturated carbocycles. The molecule has 0 aliphatic carbocycles. The van der Waals surface area contributed by atoms with Crippen LogP contribution in [0, 0.1) is 13.8 Å². The lowest BCUT2D eigenvalue weighted by Crippen LogP contribution is -2.34. The number of thiocarbonyl (C=S) groups is 1. The highest BCUT2D eigenvalue weighted by Gasteiger charge is 2.16. The first kappa shape index (κ1) is 14.6. The lowest BCUT2D eigenvalue weighted by atomic mass is 10.0. The number of benzene rings is 1. The first-order chi connectivity index (χ1) is 8.47. The average molecular weight is 264 g/mol. The van der Waals surface area contributed by atoms with E-state index >= 15 is 0 Å². The fraction of sp³-hybridized carbons (Fsp3) is 0.429. The summed E-state index contributed by atoms with van der Waals surface area (Å²) in [6, 6.07) is 5.79. The predicted molar refractivity (Wildman–Crippen MR) is 78.9 cm³/mol. The van der Waals surface area contributed by atoms with Gasteiger partial charge in [0.15, 0.2) is 0 Å². The molecule has 1 aromatic carbocycles. The molecule has 4 heteroatoms. The minimum atomic E-state index is 0.0509. The fourth-order valence-corrected chi connectivity index (χ4v) is 1.89. The van der Waals surface area contributed by atoms with Crippen molar-refractivity contribution in [3.8, 4) is 0 Å². The molecule has 1 rings (SSSR count). The predicted octanol–water partition coefficient (Wildman–Crippen LogP) is 2.44. The van der Waals surface area contributed by atoms with E-state index in [9.17, 15) is 4.79 Å². The van der Waals surface area contributed by atoms with Gasteiger partial charge in [-0.05, 0) is 38.0 Å². The van der Waals surface area contributed by atoms with Crippen molar-refractivity contribution < 1.29 is 4.79 Å². The lowest BCUT2D eigenvalue weighted by molar-refractivity contribution is 0.0768. The van der Waals surface area contributed by atoms with E-state index in [-0.39, 0.29) is 5.91 Å². The van der Waals surface area contributed by atoms with Crippen LogP contribution in [0.3, 0.4) is 0 Å². The number of carbonyl (C=O) groups is 1. The Balaban J connectivity index is 2.89. The number of aryl methyl sites for hydroxylation is 1. The van der Waals surface area contributed by atoms with E-state index in [2.05, 4.69) is 0 Å². The summed E-state index contributed by atoms with van der Waals surface area (Å²) in [7, 11) is 0. The van der Waals surface area contributed by atoms with Crippen LogP contribution in [0.25, 0.3) is 0 Å². The van der Waals surface area contributed by atoms with Gasteiger partial charge in [-0.3, -0.25) is 4.79 Å². The van der Waals surface area contributed by atoms with E-state index in [0.717, 1.165) is 16.7 Å². The van der Waals surface area contributed by atoms with Gasteiger partial charge in [-0.15, -0.1) is 0 Å². The van der Waals surface area contributed by atoms with Gasteiger partial charge in [0, 0.05) is 25.1 Å². The minimum Gasteiger partial charge on any atom is -0.393 e.